The molecule has 0 aromatic carbocycles. The molecule has 0 spiro atoms. The molecule has 1 amide bonds. The normalized spacial score (nSPS) is 10.3. The van der Waals surface area contributed by atoms with E-state index in [0.717, 1.165) is 12.3 Å². The van der Waals surface area contributed by atoms with Crippen LogP contribution in [0.3, 0.4) is 0 Å². The summed E-state index contributed by atoms with van der Waals surface area (Å²) in [5.74, 6) is 2.67. The Morgan fingerprint density at radius 1 is 1.56 bits per heavy atom. The van der Waals surface area contributed by atoms with Crippen molar-refractivity contribution in [3.63, 3.8) is 0 Å². The van der Waals surface area contributed by atoms with Crippen LogP contribution in [0.2, 0.25) is 0 Å². The predicted molar refractivity (Wildman–Crippen MR) is 50.3 cm³/mol. The van der Waals surface area contributed by atoms with Gasteiger partial charge in [0.1, 0.15) is 0 Å². The van der Waals surface area contributed by atoms with E-state index in [1.807, 2.05) is 10.7 Å². The molecule has 0 fully saturated rings. The maximum Gasteiger partial charge on any atom is 0.255 e. The second-order valence-corrected chi connectivity index (χ2v) is 2.77. The molecule has 0 aliphatic heterocycles. The number of carbonyl (C=O) groups excluding carboxylic acids is 1. The van der Waals surface area contributed by atoms with Gasteiger partial charge in [0.25, 0.3) is 12.3 Å². The Bertz CT molecular complexity index is 386. The summed E-state index contributed by atoms with van der Waals surface area (Å²) in [6.07, 6.45) is -1.56. The number of aromatic nitrogens is 1. The number of hydrogen-bond donors (Lipinski definition) is 3. The van der Waals surface area contributed by atoms with E-state index < -0.39 is 30.3 Å². The second kappa shape index (κ2) is 5.31. The molecule has 0 aliphatic carbocycles. The minimum absolute atomic E-state index is 0.329. The number of nitrogens with two attached hydrogens (primary N) is 1. The summed E-state index contributed by atoms with van der Waals surface area (Å²) < 4.78 is 37.0. The first-order valence-corrected chi connectivity index (χ1v) is 4.23. The van der Waals surface area contributed by atoms with Gasteiger partial charge in [0.05, 0.1) is 12.1 Å². The highest BCUT2D eigenvalue weighted by Crippen LogP contribution is 2.13. The summed E-state index contributed by atoms with van der Waals surface area (Å²) in [7, 11) is 0. The average Bonchev–Trinajstić information content (AvgIpc) is 2.26. The van der Waals surface area contributed by atoms with Crippen LogP contribution in [0.15, 0.2) is 12.3 Å². The number of pyridine rings is 1. The molecule has 5 nitrogen and oxygen atoms in total. The lowest BCUT2D eigenvalue weighted by Crippen LogP contribution is -2.29. The predicted octanol–water partition coefficient (Wildman–Crippen LogP) is 0.501. The van der Waals surface area contributed by atoms with Crippen molar-refractivity contribution in [2.45, 2.75) is 6.43 Å². The minimum Gasteiger partial charge on any atom is -0.346 e. The number of halogens is 3. The van der Waals surface area contributed by atoms with Crippen LogP contribution >= 0.6 is 0 Å². The molecule has 0 saturated heterocycles. The van der Waals surface area contributed by atoms with Gasteiger partial charge in [-0.2, -0.15) is 0 Å². The Balaban J connectivity index is 2.83. The standard InChI is InChI=1S/C8H9F3N4O/c9-5(10)3-14-8(16)4-1-2-13-7(15-12)6(4)11/h1-2,5H,3,12H2,(H,13,15)(H,14,16). The van der Waals surface area contributed by atoms with Gasteiger partial charge in [0, 0.05) is 6.20 Å². The summed E-state index contributed by atoms with van der Waals surface area (Å²) in [5.41, 5.74) is 1.54. The number of alkyl halides is 2. The second-order valence-electron chi connectivity index (χ2n) is 2.77. The van der Waals surface area contributed by atoms with Gasteiger partial charge in [-0.15, -0.1) is 0 Å². The van der Waals surface area contributed by atoms with Gasteiger partial charge in [0.15, 0.2) is 11.6 Å². The zero-order valence-corrected chi connectivity index (χ0v) is 8.01. The van der Waals surface area contributed by atoms with E-state index in [-0.39, 0.29) is 5.82 Å². The number of rotatable bonds is 4. The van der Waals surface area contributed by atoms with Crippen molar-refractivity contribution >= 4 is 11.7 Å². The SMILES string of the molecule is NNc1nccc(C(=O)NCC(F)F)c1F. The number of anilines is 1. The Kier molecular flexibility index (Phi) is 4.06. The van der Waals surface area contributed by atoms with Crippen molar-refractivity contribution in [2.75, 3.05) is 12.0 Å². The van der Waals surface area contributed by atoms with E-state index >= 15 is 0 Å². The molecule has 1 rings (SSSR count). The van der Waals surface area contributed by atoms with Gasteiger partial charge < -0.3 is 10.7 Å². The molecule has 0 unspecified atom stereocenters. The van der Waals surface area contributed by atoms with Gasteiger partial charge in [-0.1, -0.05) is 0 Å². The Labute approximate surface area is 88.8 Å². The third-order valence-electron chi connectivity index (χ3n) is 1.69. The molecule has 0 aliphatic rings. The number of nitrogens with zero attached hydrogens (tertiary/aromatic N) is 1. The number of carbonyl (C=O) groups is 1. The van der Waals surface area contributed by atoms with E-state index in [1.54, 1.807) is 0 Å². The monoisotopic (exact) mass is 234 g/mol. The number of amides is 1. The van der Waals surface area contributed by atoms with E-state index in [4.69, 9.17) is 5.84 Å². The molecular weight excluding hydrogens is 225 g/mol. The van der Waals surface area contributed by atoms with Gasteiger partial charge in [0.2, 0.25) is 0 Å². The highest BCUT2D eigenvalue weighted by molar-refractivity contribution is 5.95. The molecule has 16 heavy (non-hydrogen) atoms. The van der Waals surface area contributed by atoms with Gasteiger partial charge in [-0.25, -0.2) is 24.0 Å². The van der Waals surface area contributed by atoms with Gasteiger partial charge in [-0.05, 0) is 6.07 Å². The van der Waals surface area contributed by atoms with Crippen LogP contribution in [0.4, 0.5) is 19.0 Å². The topological polar surface area (TPSA) is 80.0 Å². The molecule has 0 bridgehead atoms. The summed E-state index contributed by atoms with van der Waals surface area (Å²) >= 11 is 0. The van der Waals surface area contributed by atoms with Crippen LogP contribution in [0.25, 0.3) is 0 Å². The van der Waals surface area contributed by atoms with Crippen molar-refractivity contribution < 1.29 is 18.0 Å². The highest BCUT2D eigenvalue weighted by Gasteiger charge is 2.16. The number of nitrogen functional groups attached to an aromatic ring is 1. The first-order valence-electron chi connectivity index (χ1n) is 4.23. The van der Waals surface area contributed by atoms with Gasteiger partial charge >= 0.3 is 0 Å². The van der Waals surface area contributed by atoms with Gasteiger partial charge in [-0.3, -0.25) is 4.79 Å². The van der Waals surface area contributed by atoms with Crippen LogP contribution < -0.4 is 16.6 Å². The Hall–Kier alpha value is -1.83. The van der Waals surface area contributed by atoms with Crippen molar-refractivity contribution in [1.82, 2.24) is 10.3 Å². The quantitative estimate of drug-likeness (QED) is 0.523. The van der Waals surface area contributed by atoms with Crippen LogP contribution in [0.5, 0.6) is 0 Å². The number of hydrazine groups is 1. The lowest BCUT2D eigenvalue weighted by atomic mass is 10.2. The zero-order chi connectivity index (χ0) is 12.1. The number of hydrogen-bond acceptors (Lipinski definition) is 4. The smallest absolute Gasteiger partial charge is 0.255 e. The molecule has 1 aromatic heterocycles. The van der Waals surface area contributed by atoms with Crippen LogP contribution in [0, 0.1) is 5.82 Å². The fourth-order valence-corrected chi connectivity index (χ4v) is 0.985. The number of nitrogens with one attached hydrogen (secondary N) is 2. The molecule has 4 N–H and O–H groups in total. The maximum absolute atomic E-state index is 13.4. The molecule has 0 radical (unpaired) electrons. The van der Waals surface area contributed by atoms with E-state index in [1.165, 1.54) is 0 Å². The molecule has 0 atom stereocenters. The largest absolute Gasteiger partial charge is 0.346 e. The fourth-order valence-electron chi connectivity index (χ4n) is 0.985. The molecular formula is C8H9F3N4O. The summed E-state index contributed by atoms with van der Waals surface area (Å²) in [4.78, 5) is 14.8. The lowest BCUT2D eigenvalue weighted by Gasteiger charge is -2.07. The first kappa shape index (κ1) is 12.2. The molecule has 8 heteroatoms. The lowest BCUT2D eigenvalue weighted by molar-refractivity contribution is 0.0887. The van der Waals surface area contributed by atoms with Crippen LogP contribution in [0.1, 0.15) is 10.4 Å². The van der Waals surface area contributed by atoms with E-state index in [9.17, 15) is 18.0 Å². The van der Waals surface area contributed by atoms with E-state index in [2.05, 4.69) is 4.98 Å². The maximum atomic E-state index is 13.4. The Morgan fingerprint density at radius 2 is 2.25 bits per heavy atom. The summed E-state index contributed by atoms with van der Waals surface area (Å²) in [6, 6.07) is 1.07. The third kappa shape index (κ3) is 2.83. The molecule has 0 saturated carbocycles. The fraction of sp³-hybridized carbons (Fsp3) is 0.250. The Morgan fingerprint density at radius 3 is 2.81 bits per heavy atom. The molecule has 1 heterocycles. The van der Waals surface area contributed by atoms with Crippen molar-refractivity contribution in [3.05, 3.63) is 23.6 Å². The summed E-state index contributed by atoms with van der Waals surface area (Å²) in [5, 5.41) is 1.87. The third-order valence-corrected chi connectivity index (χ3v) is 1.69. The van der Waals surface area contributed by atoms with Crippen molar-refractivity contribution in [3.8, 4) is 0 Å². The van der Waals surface area contributed by atoms with Crippen molar-refractivity contribution in [2.24, 2.45) is 5.84 Å². The highest BCUT2D eigenvalue weighted by atomic mass is 19.3. The average molecular weight is 234 g/mol. The van der Waals surface area contributed by atoms with E-state index in [0.29, 0.717) is 0 Å². The summed E-state index contributed by atoms with van der Waals surface area (Å²) in [6.45, 7) is -0.841. The minimum atomic E-state index is -2.69. The molecule has 88 valence electrons. The van der Waals surface area contributed by atoms with Crippen molar-refractivity contribution in [1.29, 1.82) is 0 Å². The van der Waals surface area contributed by atoms with Crippen LogP contribution in [-0.2, 0) is 0 Å². The molecule has 1 aromatic rings. The van der Waals surface area contributed by atoms with Crippen LogP contribution in [-0.4, -0.2) is 23.9 Å². The first-order chi connectivity index (χ1) is 7.56. The zero-order valence-electron chi connectivity index (χ0n) is 8.01.